The summed E-state index contributed by atoms with van der Waals surface area (Å²) in [6, 6.07) is 7.65. The molecule has 2 atom stereocenters. The summed E-state index contributed by atoms with van der Waals surface area (Å²) in [6.07, 6.45) is 8.66. The van der Waals surface area contributed by atoms with Gasteiger partial charge >= 0.3 is 0 Å². The number of aromatic nitrogens is 2. The maximum absolute atomic E-state index is 9.62. The number of nitrogens with zero attached hydrogens (tertiary/aromatic N) is 2. The molecule has 4 heteroatoms. The summed E-state index contributed by atoms with van der Waals surface area (Å²) in [4.78, 5) is 0. The van der Waals surface area contributed by atoms with E-state index in [2.05, 4.69) is 13.2 Å². The molecule has 0 aliphatic heterocycles. The predicted octanol–water partition coefficient (Wildman–Crippen LogP) is 1.28. The van der Waals surface area contributed by atoms with Crippen molar-refractivity contribution in [2.75, 3.05) is 0 Å². The van der Waals surface area contributed by atoms with E-state index in [1.165, 1.54) is 12.2 Å². The van der Waals surface area contributed by atoms with E-state index in [9.17, 15) is 10.2 Å². The van der Waals surface area contributed by atoms with E-state index in [1.54, 1.807) is 33.9 Å². The molecule has 0 spiro atoms. The molecule has 2 N–H and O–H groups in total. The fourth-order valence-corrected chi connectivity index (χ4v) is 1.86. The summed E-state index contributed by atoms with van der Waals surface area (Å²) in [7, 11) is 0. The van der Waals surface area contributed by atoms with Gasteiger partial charge in [0.05, 0.1) is 0 Å². The lowest BCUT2D eigenvalue weighted by Gasteiger charge is -2.04. The highest BCUT2D eigenvalue weighted by atomic mass is 16.3. The number of hydrogen-bond acceptors (Lipinski definition) is 2. The molecule has 0 aliphatic carbocycles. The van der Waals surface area contributed by atoms with E-state index in [0.29, 0.717) is 0 Å². The SMILES string of the molecule is C=CC(O)[n+]1ccc(-c2cc[n+](C(O)C=C)cc2)cc1. The van der Waals surface area contributed by atoms with Crippen molar-refractivity contribution in [1.82, 2.24) is 0 Å². The molecule has 2 heterocycles. The summed E-state index contributed by atoms with van der Waals surface area (Å²) in [6.45, 7) is 7.09. The highest BCUT2D eigenvalue weighted by molar-refractivity contribution is 5.60. The molecule has 2 unspecified atom stereocenters. The minimum absolute atomic E-state index is 0.718. The Morgan fingerprint density at radius 1 is 0.750 bits per heavy atom. The van der Waals surface area contributed by atoms with Gasteiger partial charge in [0.25, 0.3) is 12.5 Å². The van der Waals surface area contributed by atoms with Crippen LogP contribution in [0.3, 0.4) is 0 Å². The molecule has 0 amide bonds. The van der Waals surface area contributed by atoms with Crippen LogP contribution in [0.4, 0.5) is 0 Å². The van der Waals surface area contributed by atoms with Gasteiger partial charge in [-0.1, -0.05) is 13.2 Å². The smallest absolute Gasteiger partial charge is 0.279 e. The molecule has 0 saturated carbocycles. The van der Waals surface area contributed by atoms with Crippen LogP contribution in [0.25, 0.3) is 11.1 Å². The molecule has 0 radical (unpaired) electrons. The number of aliphatic hydroxyl groups excluding tert-OH is 2. The van der Waals surface area contributed by atoms with Crippen molar-refractivity contribution >= 4 is 0 Å². The molecule has 0 aliphatic rings. The van der Waals surface area contributed by atoms with Gasteiger partial charge in [0.2, 0.25) is 0 Å². The Hall–Kier alpha value is -2.30. The molecule has 0 aromatic carbocycles. The van der Waals surface area contributed by atoms with Gasteiger partial charge in [0.15, 0.2) is 24.8 Å². The van der Waals surface area contributed by atoms with Crippen molar-refractivity contribution in [2.24, 2.45) is 0 Å². The van der Waals surface area contributed by atoms with Crippen LogP contribution in [-0.2, 0) is 0 Å². The van der Waals surface area contributed by atoms with E-state index < -0.39 is 12.5 Å². The molecular weight excluding hydrogens is 252 g/mol. The monoisotopic (exact) mass is 270 g/mol. The molecule has 2 rings (SSSR count). The Bertz CT molecular complexity index is 535. The zero-order chi connectivity index (χ0) is 14.5. The summed E-state index contributed by atoms with van der Waals surface area (Å²) in [5.74, 6) is 0. The van der Waals surface area contributed by atoms with Crippen molar-refractivity contribution in [1.29, 1.82) is 0 Å². The maximum Gasteiger partial charge on any atom is 0.279 e. The third kappa shape index (κ3) is 2.99. The van der Waals surface area contributed by atoms with E-state index in [-0.39, 0.29) is 0 Å². The zero-order valence-corrected chi connectivity index (χ0v) is 11.1. The Balaban J connectivity index is 2.23. The van der Waals surface area contributed by atoms with Crippen LogP contribution in [-0.4, -0.2) is 10.2 Å². The van der Waals surface area contributed by atoms with Crippen LogP contribution in [0, 0.1) is 0 Å². The topological polar surface area (TPSA) is 48.2 Å². The summed E-state index contributed by atoms with van der Waals surface area (Å²) in [5.41, 5.74) is 2.05. The predicted molar refractivity (Wildman–Crippen MR) is 75.2 cm³/mol. The third-order valence-corrected chi connectivity index (χ3v) is 3.07. The first-order valence-electron chi connectivity index (χ1n) is 6.29. The van der Waals surface area contributed by atoms with Gasteiger partial charge < -0.3 is 10.2 Å². The van der Waals surface area contributed by atoms with Crippen molar-refractivity contribution in [3.05, 3.63) is 74.4 Å². The Morgan fingerprint density at radius 2 is 1.05 bits per heavy atom. The van der Waals surface area contributed by atoms with Gasteiger partial charge in [-0.05, 0) is 11.1 Å². The third-order valence-electron chi connectivity index (χ3n) is 3.07. The standard InChI is InChI=1S/C16H18N2O2/c1-3-15(19)17-9-5-13(6-10-17)14-7-11-18(12-8-14)16(20)4-2/h3-12,15-16,19-20H,1-2H2/q+2. The molecule has 20 heavy (non-hydrogen) atoms. The van der Waals surface area contributed by atoms with Crippen molar-refractivity contribution < 1.29 is 19.3 Å². The van der Waals surface area contributed by atoms with Crippen LogP contribution in [0.1, 0.15) is 12.5 Å². The van der Waals surface area contributed by atoms with Crippen molar-refractivity contribution in [2.45, 2.75) is 12.5 Å². The first kappa shape index (κ1) is 14.1. The second kappa shape index (κ2) is 6.23. The first-order valence-corrected chi connectivity index (χ1v) is 6.29. The van der Waals surface area contributed by atoms with Crippen molar-refractivity contribution in [3.8, 4) is 11.1 Å². The Morgan fingerprint density at radius 3 is 1.30 bits per heavy atom. The second-order valence-corrected chi connectivity index (χ2v) is 4.37. The van der Waals surface area contributed by atoms with Crippen molar-refractivity contribution in [3.63, 3.8) is 0 Å². The molecular formula is C16H18N2O2+2. The normalized spacial score (nSPS) is 13.5. The summed E-state index contributed by atoms with van der Waals surface area (Å²) < 4.78 is 3.31. The molecule has 0 fully saturated rings. The lowest BCUT2D eigenvalue weighted by atomic mass is 10.1. The van der Waals surface area contributed by atoms with E-state index in [1.807, 2.05) is 24.3 Å². The molecule has 102 valence electrons. The summed E-state index contributed by atoms with van der Waals surface area (Å²) in [5, 5.41) is 19.2. The van der Waals surface area contributed by atoms with Gasteiger partial charge in [0, 0.05) is 36.4 Å². The van der Waals surface area contributed by atoms with Crippen LogP contribution in [0.2, 0.25) is 0 Å². The van der Waals surface area contributed by atoms with Gasteiger partial charge in [-0.15, -0.1) is 0 Å². The lowest BCUT2D eigenvalue weighted by Crippen LogP contribution is -2.37. The number of hydrogen-bond donors (Lipinski definition) is 2. The zero-order valence-electron chi connectivity index (χ0n) is 11.1. The van der Waals surface area contributed by atoms with Gasteiger partial charge in [-0.2, -0.15) is 9.13 Å². The minimum atomic E-state index is -0.718. The van der Waals surface area contributed by atoms with Crippen LogP contribution in [0.15, 0.2) is 74.4 Å². The average molecular weight is 270 g/mol. The van der Waals surface area contributed by atoms with E-state index in [0.717, 1.165) is 11.1 Å². The Labute approximate surface area is 118 Å². The maximum atomic E-state index is 9.62. The highest BCUT2D eigenvalue weighted by Gasteiger charge is 2.12. The fraction of sp³-hybridized carbons (Fsp3) is 0.125. The second-order valence-electron chi connectivity index (χ2n) is 4.37. The minimum Gasteiger partial charge on any atom is -0.333 e. The molecule has 4 nitrogen and oxygen atoms in total. The van der Waals surface area contributed by atoms with Crippen LogP contribution < -0.4 is 9.13 Å². The number of rotatable bonds is 5. The van der Waals surface area contributed by atoms with Gasteiger partial charge in [0.1, 0.15) is 0 Å². The van der Waals surface area contributed by atoms with Crippen LogP contribution >= 0.6 is 0 Å². The Kier molecular flexibility index (Phi) is 4.40. The van der Waals surface area contributed by atoms with Gasteiger partial charge in [-0.25, -0.2) is 0 Å². The first-order chi connectivity index (χ1) is 9.65. The van der Waals surface area contributed by atoms with E-state index in [4.69, 9.17) is 0 Å². The lowest BCUT2D eigenvalue weighted by molar-refractivity contribution is -0.747. The average Bonchev–Trinajstić information content (AvgIpc) is 2.53. The summed E-state index contributed by atoms with van der Waals surface area (Å²) >= 11 is 0. The molecule has 0 saturated heterocycles. The molecule has 2 aromatic heterocycles. The van der Waals surface area contributed by atoms with Crippen LogP contribution in [0.5, 0.6) is 0 Å². The van der Waals surface area contributed by atoms with E-state index >= 15 is 0 Å². The number of pyridine rings is 2. The molecule has 0 bridgehead atoms. The number of aliphatic hydroxyl groups is 2. The quantitative estimate of drug-likeness (QED) is 0.635. The highest BCUT2D eigenvalue weighted by Crippen LogP contribution is 2.16. The fourth-order valence-electron chi connectivity index (χ4n) is 1.86. The van der Waals surface area contributed by atoms with Gasteiger partial charge in [-0.3, -0.25) is 0 Å². The largest absolute Gasteiger partial charge is 0.333 e. The molecule has 2 aromatic rings.